The molecule has 6 nitrogen and oxygen atoms in total. The summed E-state index contributed by atoms with van der Waals surface area (Å²) in [4.78, 5) is 27.7. The third kappa shape index (κ3) is 2.04. The maximum atomic E-state index is 13.4. The lowest BCUT2D eigenvalue weighted by atomic mass is 9.71. The molecule has 1 aliphatic heterocycles. The highest BCUT2D eigenvalue weighted by Crippen LogP contribution is 2.60. The lowest BCUT2D eigenvalue weighted by molar-refractivity contribution is -0.149. The van der Waals surface area contributed by atoms with E-state index in [1.54, 1.807) is 24.8 Å². The van der Waals surface area contributed by atoms with Gasteiger partial charge in [0.2, 0.25) is 5.60 Å². The van der Waals surface area contributed by atoms with Gasteiger partial charge in [0.25, 0.3) is 5.91 Å². The minimum absolute atomic E-state index is 0.0116. The number of hydrogen-bond acceptors (Lipinski definition) is 5. The Morgan fingerprint density at radius 3 is 2.92 bits per heavy atom. The SMILES string of the molecule is Cc1ccncc1NC(=O)[C@]12ON=C(c3cccnc3)[C@H]1[C@@H]1CC[C@H]2C1. The Hall–Kier alpha value is -2.76. The quantitative estimate of drug-likeness (QED) is 0.925. The first kappa shape index (κ1) is 15.5. The Bertz CT molecular complexity index is 898. The summed E-state index contributed by atoms with van der Waals surface area (Å²) in [5, 5.41) is 7.44. The van der Waals surface area contributed by atoms with Crippen molar-refractivity contribution in [1.82, 2.24) is 9.97 Å². The van der Waals surface area contributed by atoms with Gasteiger partial charge in [0.1, 0.15) is 0 Å². The first-order chi connectivity index (χ1) is 12.7. The Morgan fingerprint density at radius 1 is 1.23 bits per heavy atom. The van der Waals surface area contributed by atoms with Gasteiger partial charge in [0.05, 0.1) is 23.5 Å². The van der Waals surface area contributed by atoms with Gasteiger partial charge in [-0.25, -0.2) is 0 Å². The Morgan fingerprint density at radius 2 is 2.12 bits per heavy atom. The predicted octanol–water partition coefficient (Wildman–Crippen LogP) is 2.94. The second-order valence-electron chi connectivity index (χ2n) is 7.50. The zero-order valence-electron chi connectivity index (χ0n) is 14.6. The molecule has 1 amide bonds. The monoisotopic (exact) mass is 348 g/mol. The van der Waals surface area contributed by atoms with Crippen molar-refractivity contribution in [3.8, 4) is 0 Å². The largest absolute Gasteiger partial charge is 0.378 e. The van der Waals surface area contributed by atoms with Crippen LogP contribution < -0.4 is 5.32 Å². The number of fused-ring (bicyclic) bond motifs is 5. The summed E-state index contributed by atoms with van der Waals surface area (Å²) in [6.07, 6.45) is 10.1. The van der Waals surface area contributed by atoms with Crippen LogP contribution in [-0.4, -0.2) is 27.2 Å². The maximum absolute atomic E-state index is 13.4. The standard InChI is InChI=1S/C20H20N4O2/c1-12-6-8-22-11-16(12)23-19(25)20-15-5-4-13(9-15)17(20)18(24-26-20)14-3-2-7-21-10-14/h2-3,6-8,10-11,13,15,17H,4-5,9H2,1H3,(H,23,25)/t13-,15+,17-,20-/m1/s1. The molecule has 0 unspecified atom stereocenters. The molecule has 3 heterocycles. The Kier molecular flexibility index (Phi) is 3.35. The molecular formula is C20H20N4O2. The lowest BCUT2D eigenvalue weighted by Crippen LogP contribution is -2.53. The number of aryl methyl sites for hydroxylation is 1. The highest BCUT2D eigenvalue weighted by atomic mass is 16.7. The van der Waals surface area contributed by atoms with Crippen molar-refractivity contribution in [2.75, 3.05) is 5.32 Å². The molecule has 132 valence electrons. The van der Waals surface area contributed by atoms with Gasteiger partial charge in [0.15, 0.2) is 0 Å². The minimum atomic E-state index is -0.906. The molecule has 0 saturated heterocycles. The molecule has 5 rings (SSSR count). The van der Waals surface area contributed by atoms with Crippen LogP contribution in [0.3, 0.4) is 0 Å². The van der Waals surface area contributed by atoms with Crippen LogP contribution >= 0.6 is 0 Å². The van der Waals surface area contributed by atoms with Crippen LogP contribution in [0.5, 0.6) is 0 Å². The number of pyridine rings is 2. The number of carbonyl (C=O) groups excluding carboxylic acids is 1. The molecular weight excluding hydrogens is 328 g/mol. The lowest BCUT2D eigenvalue weighted by Gasteiger charge is -2.35. The molecule has 2 aromatic heterocycles. The van der Waals surface area contributed by atoms with Gasteiger partial charge in [0, 0.05) is 30.1 Å². The molecule has 0 spiro atoms. The highest BCUT2D eigenvalue weighted by Gasteiger charge is 2.69. The number of nitrogens with one attached hydrogen (secondary N) is 1. The summed E-state index contributed by atoms with van der Waals surface area (Å²) in [6.45, 7) is 1.96. The third-order valence-electron chi connectivity index (χ3n) is 6.20. The van der Waals surface area contributed by atoms with Crippen LogP contribution in [0.1, 0.15) is 30.4 Å². The number of oxime groups is 1. The van der Waals surface area contributed by atoms with Crippen LogP contribution in [0.15, 0.2) is 48.1 Å². The van der Waals surface area contributed by atoms with Crippen molar-refractivity contribution in [1.29, 1.82) is 0 Å². The van der Waals surface area contributed by atoms with Crippen molar-refractivity contribution < 1.29 is 9.63 Å². The van der Waals surface area contributed by atoms with Crippen LogP contribution in [-0.2, 0) is 9.63 Å². The number of nitrogens with zero attached hydrogens (tertiary/aromatic N) is 3. The van der Waals surface area contributed by atoms with Crippen molar-refractivity contribution in [3.63, 3.8) is 0 Å². The van der Waals surface area contributed by atoms with E-state index in [1.807, 2.05) is 25.1 Å². The summed E-state index contributed by atoms with van der Waals surface area (Å²) < 4.78 is 0. The van der Waals surface area contributed by atoms with Crippen LogP contribution in [0, 0.1) is 24.7 Å². The summed E-state index contributed by atoms with van der Waals surface area (Å²) >= 11 is 0. The smallest absolute Gasteiger partial charge is 0.272 e. The van der Waals surface area contributed by atoms with E-state index < -0.39 is 5.60 Å². The highest BCUT2D eigenvalue weighted by molar-refractivity contribution is 6.10. The van der Waals surface area contributed by atoms with Gasteiger partial charge in [-0.15, -0.1) is 0 Å². The van der Waals surface area contributed by atoms with E-state index in [9.17, 15) is 4.79 Å². The zero-order valence-corrected chi connectivity index (χ0v) is 14.6. The van der Waals surface area contributed by atoms with Crippen molar-refractivity contribution in [2.45, 2.75) is 31.8 Å². The van der Waals surface area contributed by atoms with Crippen molar-refractivity contribution in [3.05, 3.63) is 54.1 Å². The molecule has 2 saturated carbocycles. The maximum Gasteiger partial charge on any atom is 0.272 e. The van der Waals surface area contributed by atoms with Crippen molar-refractivity contribution in [2.24, 2.45) is 22.9 Å². The summed E-state index contributed by atoms with van der Waals surface area (Å²) in [5.74, 6) is 0.519. The number of anilines is 1. The number of carbonyl (C=O) groups is 1. The normalized spacial score (nSPS) is 31.3. The first-order valence-corrected chi connectivity index (χ1v) is 9.08. The predicted molar refractivity (Wildman–Crippen MR) is 96.5 cm³/mol. The summed E-state index contributed by atoms with van der Waals surface area (Å²) in [6, 6.07) is 5.77. The van der Waals surface area contributed by atoms with Gasteiger partial charge in [-0.05, 0) is 55.9 Å². The van der Waals surface area contributed by atoms with Gasteiger partial charge >= 0.3 is 0 Å². The fraction of sp³-hybridized carbons (Fsp3) is 0.400. The van der Waals surface area contributed by atoms with Gasteiger partial charge in [-0.2, -0.15) is 0 Å². The van der Waals surface area contributed by atoms with E-state index in [0.29, 0.717) is 5.92 Å². The molecule has 2 fully saturated rings. The van der Waals surface area contributed by atoms with E-state index in [2.05, 4.69) is 20.4 Å². The first-order valence-electron chi connectivity index (χ1n) is 9.08. The number of aromatic nitrogens is 2. The molecule has 4 atom stereocenters. The second kappa shape index (κ2) is 5.62. The van der Waals surface area contributed by atoms with Gasteiger partial charge in [-0.3, -0.25) is 14.8 Å². The molecule has 2 aromatic rings. The molecule has 6 heteroatoms. The molecule has 2 aliphatic carbocycles. The fourth-order valence-electron chi connectivity index (χ4n) is 4.98. The van der Waals surface area contributed by atoms with E-state index in [4.69, 9.17) is 4.84 Å². The number of hydrogen-bond donors (Lipinski definition) is 1. The average Bonchev–Trinajstić information content (AvgIpc) is 3.36. The molecule has 0 radical (unpaired) electrons. The van der Waals surface area contributed by atoms with E-state index in [0.717, 1.165) is 41.8 Å². The molecule has 3 aliphatic rings. The van der Waals surface area contributed by atoms with Crippen LogP contribution in [0.25, 0.3) is 0 Å². The van der Waals surface area contributed by atoms with Crippen molar-refractivity contribution >= 4 is 17.3 Å². The van der Waals surface area contributed by atoms with E-state index in [-0.39, 0.29) is 17.7 Å². The van der Waals surface area contributed by atoms with Gasteiger partial charge < -0.3 is 10.2 Å². The molecule has 26 heavy (non-hydrogen) atoms. The second-order valence-corrected chi connectivity index (χ2v) is 7.50. The van der Waals surface area contributed by atoms with Crippen LogP contribution in [0.2, 0.25) is 0 Å². The average molecular weight is 348 g/mol. The fourth-order valence-corrected chi connectivity index (χ4v) is 4.98. The summed E-state index contributed by atoms with van der Waals surface area (Å²) in [5.41, 5.74) is 2.61. The molecule has 1 N–H and O–H groups in total. The van der Waals surface area contributed by atoms with Gasteiger partial charge in [-0.1, -0.05) is 5.16 Å². The van der Waals surface area contributed by atoms with E-state index in [1.165, 1.54) is 0 Å². The van der Waals surface area contributed by atoms with Crippen LogP contribution in [0.4, 0.5) is 5.69 Å². The Balaban J connectivity index is 1.51. The zero-order chi connectivity index (χ0) is 17.7. The third-order valence-corrected chi connectivity index (χ3v) is 6.20. The summed E-state index contributed by atoms with van der Waals surface area (Å²) in [7, 11) is 0. The number of amides is 1. The minimum Gasteiger partial charge on any atom is -0.378 e. The Labute approximate surface area is 151 Å². The van der Waals surface area contributed by atoms with E-state index >= 15 is 0 Å². The molecule has 2 bridgehead atoms. The molecule has 0 aromatic carbocycles. The topological polar surface area (TPSA) is 76.5 Å². The number of rotatable bonds is 3.